The number of morpholine rings is 1. The topological polar surface area (TPSA) is 63.2 Å². The number of amides is 1. The normalized spacial score (nSPS) is 17.7. The molecule has 2 N–H and O–H groups in total. The lowest BCUT2D eigenvalue weighted by Crippen LogP contribution is -2.43. The molecule has 1 atom stereocenters. The van der Waals surface area contributed by atoms with Crippen LogP contribution in [0.15, 0.2) is 24.3 Å². The Bertz CT molecular complexity index is 714. The average molecular weight is 366 g/mol. The van der Waals surface area contributed by atoms with E-state index in [0.717, 1.165) is 34.1 Å². The number of hydrogen-bond donors (Lipinski definition) is 2. The van der Waals surface area contributed by atoms with Crippen molar-refractivity contribution >= 4 is 34.0 Å². The van der Waals surface area contributed by atoms with Crippen LogP contribution in [-0.4, -0.2) is 36.7 Å². The van der Waals surface area contributed by atoms with E-state index in [9.17, 15) is 4.79 Å². The first-order valence-electron chi connectivity index (χ1n) is 7.92. The van der Waals surface area contributed by atoms with Crippen LogP contribution in [0.25, 0.3) is 0 Å². The van der Waals surface area contributed by atoms with Gasteiger partial charge in [-0.05, 0) is 24.6 Å². The Labute approximate surface area is 150 Å². The van der Waals surface area contributed by atoms with Gasteiger partial charge in [-0.15, -0.1) is 11.3 Å². The predicted molar refractivity (Wildman–Crippen MR) is 97.0 cm³/mol. The highest BCUT2D eigenvalue weighted by Gasteiger charge is 2.18. The van der Waals surface area contributed by atoms with Crippen molar-refractivity contribution in [2.45, 2.75) is 25.8 Å². The SMILES string of the molecule is Cc1nc(NC(=O)CC2COCCN2)sc1Cc1cccc(Cl)c1. The van der Waals surface area contributed by atoms with Crippen LogP contribution in [0.3, 0.4) is 0 Å². The second-order valence-corrected chi connectivity index (χ2v) is 7.33. The number of benzene rings is 1. The molecule has 0 saturated carbocycles. The highest BCUT2D eigenvalue weighted by atomic mass is 35.5. The minimum atomic E-state index is -0.0407. The summed E-state index contributed by atoms with van der Waals surface area (Å²) in [5.41, 5.74) is 2.07. The molecule has 5 nitrogen and oxygen atoms in total. The van der Waals surface area contributed by atoms with E-state index in [0.29, 0.717) is 24.8 Å². The predicted octanol–water partition coefficient (Wildman–Crippen LogP) is 3.01. The van der Waals surface area contributed by atoms with Gasteiger partial charge in [-0.3, -0.25) is 4.79 Å². The first kappa shape index (κ1) is 17.4. The quantitative estimate of drug-likeness (QED) is 0.855. The molecule has 1 amide bonds. The van der Waals surface area contributed by atoms with Crippen LogP contribution in [0.2, 0.25) is 5.02 Å². The fourth-order valence-electron chi connectivity index (χ4n) is 2.62. The van der Waals surface area contributed by atoms with Gasteiger partial charge in [0.05, 0.1) is 18.9 Å². The number of ether oxygens (including phenoxy) is 1. The van der Waals surface area contributed by atoms with Gasteiger partial charge in [-0.1, -0.05) is 23.7 Å². The summed E-state index contributed by atoms with van der Waals surface area (Å²) in [7, 11) is 0. The van der Waals surface area contributed by atoms with Crippen LogP contribution in [0.5, 0.6) is 0 Å². The first-order chi connectivity index (χ1) is 11.6. The van der Waals surface area contributed by atoms with E-state index in [1.807, 2.05) is 31.2 Å². The molecule has 1 aromatic heterocycles. The highest BCUT2D eigenvalue weighted by molar-refractivity contribution is 7.15. The summed E-state index contributed by atoms with van der Waals surface area (Å²) in [6, 6.07) is 7.87. The number of carbonyl (C=O) groups excluding carboxylic acids is 1. The maximum absolute atomic E-state index is 12.1. The zero-order valence-electron chi connectivity index (χ0n) is 13.5. The smallest absolute Gasteiger partial charge is 0.227 e. The second kappa shape index (κ2) is 8.07. The number of anilines is 1. The highest BCUT2D eigenvalue weighted by Crippen LogP contribution is 2.26. The molecule has 0 bridgehead atoms. The van der Waals surface area contributed by atoms with Gasteiger partial charge in [0.25, 0.3) is 0 Å². The molecule has 128 valence electrons. The molecule has 2 aromatic rings. The summed E-state index contributed by atoms with van der Waals surface area (Å²) in [5, 5.41) is 7.54. The van der Waals surface area contributed by atoms with E-state index >= 15 is 0 Å². The van der Waals surface area contributed by atoms with Gasteiger partial charge in [0.2, 0.25) is 5.91 Å². The Kier molecular flexibility index (Phi) is 5.84. The van der Waals surface area contributed by atoms with Crippen molar-refractivity contribution in [3.05, 3.63) is 45.4 Å². The number of thiazole rings is 1. The molecule has 0 spiro atoms. The van der Waals surface area contributed by atoms with Crippen LogP contribution < -0.4 is 10.6 Å². The van der Waals surface area contributed by atoms with Crippen molar-refractivity contribution in [1.29, 1.82) is 0 Å². The van der Waals surface area contributed by atoms with Gasteiger partial charge in [-0.25, -0.2) is 4.98 Å². The summed E-state index contributed by atoms with van der Waals surface area (Å²) in [6.07, 6.45) is 1.15. The van der Waals surface area contributed by atoms with Crippen LogP contribution >= 0.6 is 22.9 Å². The van der Waals surface area contributed by atoms with Crippen molar-refractivity contribution in [1.82, 2.24) is 10.3 Å². The van der Waals surface area contributed by atoms with Crippen molar-refractivity contribution in [2.24, 2.45) is 0 Å². The van der Waals surface area contributed by atoms with E-state index in [-0.39, 0.29) is 11.9 Å². The Hall–Kier alpha value is -1.47. The number of aromatic nitrogens is 1. The van der Waals surface area contributed by atoms with Crippen molar-refractivity contribution in [3.63, 3.8) is 0 Å². The second-order valence-electron chi connectivity index (χ2n) is 5.81. The number of hydrogen-bond acceptors (Lipinski definition) is 5. The van der Waals surface area contributed by atoms with Gasteiger partial charge in [0.1, 0.15) is 0 Å². The zero-order valence-corrected chi connectivity index (χ0v) is 15.0. The van der Waals surface area contributed by atoms with Crippen molar-refractivity contribution in [2.75, 3.05) is 25.1 Å². The minimum absolute atomic E-state index is 0.0407. The third-order valence-corrected chi connectivity index (χ3v) is 5.13. The Morgan fingerprint density at radius 1 is 1.54 bits per heavy atom. The zero-order chi connectivity index (χ0) is 16.9. The van der Waals surface area contributed by atoms with E-state index in [1.165, 1.54) is 11.3 Å². The van der Waals surface area contributed by atoms with Crippen LogP contribution in [0.4, 0.5) is 5.13 Å². The molecule has 3 rings (SSSR count). The molecule has 1 aliphatic heterocycles. The molecule has 7 heteroatoms. The van der Waals surface area contributed by atoms with Gasteiger partial charge in [0.15, 0.2) is 5.13 Å². The molecule has 1 unspecified atom stereocenters. The number of aryl methyl sites for hydroxylation is 1. The van der Waals surface area contributed by atoms with Gasteiger partial charge < -0.3 is 15.4 Å². The standard InChI is InChI=1S/C17H20ClN3O2S/c1-11-15(8-12-3-2-4-13(18)7-12)24-17(20-11)21-16(22)9-14-10-23-6-5-19-14/h2-4,7,14,19H,5-6,8-10H2,1H3,(H,20,21,22). The summed E-state index contributed by atoms with van der Waals surface area (Å²) in [4.78, 5) is 17.7. The minimum Gasteiger partial charge on any atom is -0.378 e. The molecule has 2 heterocycles. The first-order valence-corrected chi connectivity index (χ1v) is 9.11. The number of nitrogens with one attached hydrogen (secondary N) is 2. The Morgan fingerprint density at radius 2 is 2.42 bits per heavy atom. The number of nitrogens with zero attached hydrogens (tertiary/aromatic N) is 1. The number of rotatable bonds is 5. The summed E-state index contributed by atoms with van der Waals surface area (Å²) in [6.45, 7) is 4.03. The Balaban J connectivity index is 1.60. The van der Waals surface area contributed by atoms with Gasteiger partial charge >= 0.3 is 0 Å². The lowest BCUT2D eigenvalue weighted by molar-refractivity contribution is -0.117. The number of halogens is 1. The average Bonchev–Trinajstić information content (AvgIpc) is 2.87. The van der Waals surface area contributed by atoms with Gasteiger partial charge in [0, 0.05) is 35.3 Å². The van der Waals surface area contributed by atoms with Gasteiger partial charge in [-0.2, -0.15) is 0 Å². The van der Waals surface area contributed by atoms with E-state index in [4.69, 9.17) is 16.3 Å². The molecule has 1 aliphatic rings. The third kappa shape index (κ3) is 4.77. The maximum Gasteiger partial charge on any atom is 0.227 e. The Morgan fingerprint density at radius 3 is 3.17 bits per heavy atom. The fraction of sp³-hybridized carbons (Fsp3) is 0.412. The summed E-state index contributed by atoms with van der Waals surface area (Å²) >= 11 is 7.54. The molecular formula is C17H20ClN3O2S. The third-order valence-electron chi connectivity index (χ3n) is 3.82. The lowest BCUT2D eigenvalue weighted by Gasteiger charge is -2.22. The van der Waals surface area contributed by atoms with Crippen LogP contribution in [0, 0.1) is 6.92 Å². The van der Waals surface area contributed by atoms with Crippen LogP contribution in [-0.2, 0) is 16.0 Å². The maximum atomic E-state index is 12.1. The lowest BCUT2D eigenvalue weighted by atomic mass is 10.1. The van der Waals surface area contributed by atoms with E-state index in [2.05, 4.69) is 15.6 Å². The van der Waals surface area contributed by atoms with Crippen LogP contribution in [0.1, 0.15) is 22.6 Å². The molecule has 1 saturated heterocycles. The molecule has 1 fully saturated rings. The van der Waals surface area contributed by atoms with Crippen molar-refractivity contribution < 1.29 is 9.53 Å². The molecule has 1 aromatic carbocycles. The number of carbonyl (C=O) groups is 1. The monoisotopic (exact) mass is 365 g/mol. The van der Waals surface area contributed by atoms with E-state index in [1.54, 1.807) is 0 Å². The largest absolute Gasteiger partial charge is 0.378 e. The molecule has 0 radical (unpaired) electrons. The molecule has 24 heavy (non-hydrogen) atoms. The van der Waals surface area contributed by atoms with E-state index < -0.39 is 0 Å². The summed E-state index contributed by atoms with van der Waals surface area (Å²) < 4.78 is 5.37. The molecule has 0 aliphatic carbocycles. The summed E-state index contributed by atoms with van der Waals surface area (Å²) in [5.74, 6) is -0.0407. The fourth-order valence-corrected chi connectivity index (χ4v) is 3.85. The van der Waals surface area contributed by atoms with Crippen molar-refractivity contribution in [3.8, 4) is 0 Å². The molecular weight excluding hydrogens is 346 g/mol.